The van der Waals surface area contributed by atoms with Gasteiger partial charge in [0.15, 0.2) is 0 Å². The molecule has 2 rings (SSSR count). The van der Waals surface area contributed by atoms with Crippen LogP contribution in [-0.2, 0) is 0 Å². The number of phenols is 1. The number of aromatic hydroxyl groups is 1. The van der Waals surface area contributed by atoms with Gasteiger partial charge in [-0.1, -0.05) is 35.3 Å². The SMILES string of the molecule is CC(=NNC(=O)c1cccc(O)c1)c1ccc(Cl)cc1Cl. The minimum absolute atomic E-state index is 0.0177. The number of carbonyl (C=O) groups excluding carboxylic acids is 1. The van der Waals surface area contributed by atoms with Crippen molar-refractivity contribution in [3.63, 3.8) is 0 Å². The molecule has 1 amide bonds. The molecule has 0 bridgehead atoms. The molecular formula is C15H12Cl2N2O2. The van der Waals surface area contributed by atoms with Gasteiger partial charge in [0.2, 0.25) is 0 Å². The largest absolute Gasteiger partial charge is 0.508 e. The molecule has 0 spiro atoms. The van der Waals surface area contributed by atoms with Crippen LogP contribution in [0.15, 0.2) is 47.6 Å². The van der Waals surface area contributed by atoms with E-state index in [1.54, 1.807) is 37.3 Å². The van der Waals surface area contributed by atoms with E-state index in [1.807, 2.05) is 0 Å². The molecule has 21 heavy (non-hydrogen) atoms. The maximum Gasteiger partial charge on any atom is 0.271 e. The van der Waals surface area contributed by atoms with E-state index in [2.05, 4.69) is 10.5 Å². The topological polar surface area (TPSA) is 61.7 Å². The fourth-order valence-electron chi connectivity index (χ4n) is 1.69. The second-order valence-corrected chi connectivity index (χ2v) is 5.16. The van der Waals surface area contributed by atoms with E-state index < -0.39 is 5.91 Å². The highest BCUT2D eigenvalue weighted by atomic mass is 35.5. The predicted octanol–water partition coefficient (Wildman–Crippen LogP) is 3.85. The Labute approximate surface area is 132 Å². The van der Waals surface area contributed by atoms with E-state index >= 15 is 0 Å². The molecule has 4 nitrogen and oxygen atoms in total. The molecule has 2 N–H and O–H groups in total. The van der Waals surface area contributed by atoms with E-state index in [0.29, 0.717) is 26.9 Å². The van der Waals surface area contributed by atoms with Crippen LogP contribution in [0, 0.1) is 0 Å². The summed E-state index contributed by atoms with van der Waals surface area (Å²) in [5.41, 5.74) is 3.95. The first kappa shape index (κ1) is 15.4. The fraction of sp³-hybridized carbons (Fsp3) is 0.0667. The van der Waals surface area contributed by atoms with Crippen LogP contribution in [0.2, 0.25) is 10.0 Å². The first-order chi connectivity index (χ1) is 9.97. The minimum Gasteiger partial charge on any atom is -0.508 e. The first-order valence-electron chi connectivity index (χ1n) is 6.06. The Bertz CT molecular complexity index is 715. The van der Waals surface area contributed by atoms with Crippen molar-refractivity contribution in [3.8, 4) is 5.75 Å². The molecule has 0 unspecified atom stereocenters. The Hall–Kier alpha value is -2.04. The zero-order chi connectivity index (χ0) is 15.4. The maximum atomic E-state index is 11.9. The molecule has 2 aromatic carbocycles. The van der Waals surface area contributed by atoms with Crippen molar-refractivity contribution < 1.29 is 9.90 Å². The Morgan fingerprint density at radius 1 is 1.19 bits per heavy atom. The second kappa shape index (κ2) is 6.61. The van der Waals surface area contributed by atoms with Crippen LogP contribution < -0.4 is 5.43 Å². The lowest BCUT2D eigenvalue weighted by Gasteiger charge is -2.05. The molecule has 2 aromatic rings. The first-order valence-corrected chi connectivity index (χ1v) is 6.82. The zero-order valence-corrected chi connectivity index (χ0v) is 12.6. The summed E-state index contributed by atoms with van der Waals surface area (Å²) in [5.74, 6) is -0.403. The van der Waals surface area contributed by atoms with Crippen molar-refractivity contribution in [2.45, 2.75) is 6.92 Å². The molecule has 0 atom stereocenters. The Balaban J connectivity index is 2.15. The third kappa shape index (κ3) is 3.97. The molecule has 0 radical (unpaired) electrons. The number of hydrogen-bond acceptors (Lipinski definition) is 3. The third-order valence-electron chi connectivity index (χ3n) is 2.75. The highest BCUT2D eigenvalue weighted by molar-refractivity contribution is 6.37. The van der Waals surface area contributed by atoms with Crippen molar-refractivity contribution in [1.29, 1.82) is 0 Å². The van der Waals surface area contributed by atoms with Gasteiger partial charge in [-0.15, -0.1) is 0 Å². The summed E-state index contributed by atoms with van der Waals surface area (Å²) < 4.78 is 0. The molecule has 6 heteroatoms. The molecule has 108 valence electrons. The minimum atomic E-state index is -0.421. The lowest BCUT2D eigenvalue weighted by molar-refractivity contribution is 0.0954. The van der Waals surface area contributed by atoms with Crippen LogP contribution in [0.1, 0.15) is 22.8 Å². The number of rotatable bonds is 3. The van der Waals surface area contributed by atoms with Crippen LogP contribution in [-0.4, -0.2) is 16.7 Å². The predicted molar refractivity (Wildman–Crippen MR) is 84.2 cm³/mol. The van der Waals surface area contributed by atoms with Gasteiger partial charge in [-0.3, -0.25) is 4.79 Å². The summed E-state index contributed by atoms with van der Waals surface area (Å²) in [6.07, 6.45) is 0. The van der Waals surface area contributed by atoms with Gasteiger partial charge in [0.25, 0.3) is 5.91 Å². The quantitative estimate of drug-likeness (QED) is 0.666. The standard InChI is InChI=1S/C15H12Cl2N2O2/c1-9(13-6-5-11(16)8-14(13)17)18-19-15(21)10-3-2-4-12(20)7-10/h2-8,20H,1H3,(H,19,21). The van der Waals surface area contributed by atoms with Crippen LogP contribution in [0.5, 0.6) is 5.75 Å². The number of phenolic OH excluding ortho intramolecular Hbond substituents is 1. The average Bonchev–Trinajstić information content (AvgIpc) is 2.44. The lowest BCUT2D eigenvalue weighted by atomic mass is 10.1. The summed E-state index contributed by atoms with van der Waals surface area (Å²) in [6, 6.07) is 11.0. The molecule has 0 aromatic heterocycles. The van der Waals surface area contributed by atoms with Crippen LogP contribution in [0.3, 0.4) is 0 Å². The van der Waals surface area contributed by atoms with E-state index in [9.17, 15) is 9.90 Å². The molecule has 0 aliphatic heterocycles. The fourth-order valence-corrected chi connectivity index (χ4v) is 2.23. The van der Waals surface area contributed by atoms with Crippen LogP contribution in [0.4, 0.5) is 0 Å². The smallest absolute Gasteiger partial charge is 0.271 e. The summed E-state index contributed by atoms with van der Waals surface area (Å²) in [7, 11) is 0. The summed E-state index contributed by atoms with van der Waals surface area (Å²) in [6.45, 7) is 1.72. The second-order valence-electron chi connectivity index (χ2n) is 4.31. The molecule has 0 saturated heterocycles. The lowest BCUT2D eigenvalue weighted by Crippen LogP contribution is -2.19. The highest BCUT2D eigenvalue weighted by Gasteiger charge is 2.07. The normalized spacial score (nSPS) is 11.3. The maximum absolute atomic E-state index is 11.9. The third-order valence-corrected chi connectivity index (χ3v) is 3.30. The van der Waals surface area contributed by atoms with E-state index in [4.69, 9.17) is 23.2 Å². The van der Waals surface area contributed by atoms with Crippen molar-refractivity contribution in [2.24, 2.45) is 5.10 Å². The number of nitrogens with one attached hydrogen (secondary N) is 1. The number of amides is 1. The van der Waals surface area contributed by atoms with Gasteiger partial charge >= 0.3 is 0 Å². The Morgan fingerprint density at radius 3 is 2.62 bits per heavy atom. The number of nitrogens with zero attached hydrogens (tertiary/aromatic N) is 1. The Morgan fingerprint density at radius 2 is 1.95 bits per heavy atom. The Kier molecular flexibility index (Phi) is 4.83. The number of carbonyl (C=O) groups is 1. The highest BCUT2D eigenvalue weighted by Crippen LogP contribution is 2.21. The monoisotopic (exact) mass is 322 g/mol. The van der Waals surface area contributed by atoms with Crippen molar-refractivity contribution >= 4 is 34.8 Å². The van der Waals surface area contributed by atoms with E-state index in [1.165, 1.54) is 12.1 Å². The molecule has 0 heterocycles. The van der Waals surface area contributed by atoms with Gasteiger partial charge in [-0.05, 0) is 37.3 Å². The van der Waals surface area contributed by atoms with Crippen molar-refractivity contribution in [1.82, 2.24) is 5.43 Å². The molecule has 0 saturated carbocycles. The van der Waals surface area contributed by atoms with Crippen molar-refractivity contribution in [3.05, 3.63) is 63.6 Å². The van der Waals surface area contributed by atoms with Gasteiger partial charge in [0, 0.05) is 16.1 Å². The summed E-state index contributed by atoms with van der Waals surface area (Å²) in [5, 5.41) is 14.3. The summed E-state index contributed by atoms with van der Waals surface area (Å²) >= 11 is 11.9. The van der Waals surface area contributed by atoms with E-state index in [0.717, 1.165) is 0 Å². The van der Waals surface area contributed by atoms with Crippen molar-refractivity contribution in [2.75, 3.05) is 0 Å². The summed E-state index contributed by atoms with van der Waals surface area (Å²) in [4.78, 5) is 11.9. The van der Waals surface area contributed by atoms with Gasteiger partial charge < -0.3 is 5.11 Å². The number of hydrazone groups is 1. The van der Waals surface area contributed by atoms with Crippen LogP contribution in [0.25, 0.3) is 0 Å². The average molecular weight is 323 g/mol. The van der Waals surface area contributed by atoms with Gasteiger partial charge in [-0.25, -0.2) is 5.43 Å². The van der Waals surface area contributed by atoms with Gasteiger partial charge in [0.05, 0.1) is 10.7 Å². The number of benzene rings is 2. The van der Waals surface area contributed by atoms with E-state index in [-0.39, 0.29) is 5.75 Å². The molecular weight excluding hydrogens is 311 g/mol. The molecule has 0 fully saturated rings. The number of halogens is 2. The van der Waals surface area contributed by atoms with Gasteiger partial charge in [-0.2, -0.15) is 5.10 Å². The van der Waals surface area contributed by atoms with Gasteiger partial charge in [0.1, 0.15) is 5.75 Å². The van der Waals surface area contributed by atoms with Crippen LogP contribution >= 0.6 is 23.2 Å². The molecule has 0 aliphatic rings. The number of hydrogen-bond donors (Lipinski definition) is 2. The molecule has 0 aliphatic carbocycles. The zero-order valence-electron chi connectivity index (χ0n) is 11.1.